The predicted molar refractivity (Wildman–Crippen MR) is 53.6 cm³/mol. The van der Waals surface area contributed by atoms with Gasteiger partial charge in [0, 0.05) is 11.6 Å². The van der Waals surface area contributed by atoms with Gasteiger partial charge >= 0.3 is 0 Å². The monoisotopic (exact) mass is 185 g/mol. The van der Waals surface area contributed by atoms with Gasteiger partial charge in [0.25, 0.3) is 0 Å². The molecule has 0 spiro atoms. The molecule has 0 radical (unpaired) electrons. The number of hydrogen-bond acceptors (Lipinski definition) is 4. The summed E-state index contributed by atoms with van der Waals surface area (Å²) < 4.78 is 0. The average molecular weight is 185 g/mol. The largest absolute Gasteiger partial charge is 0.369 e. The molecule has 3 aromatic rings. The summed E-state index contributed by atoms with van der Waals surface area (Å²) in [5.41, 5.74) is 8.18. The maximum absolute atomic E-state index is 5.57. The number of H-pyrrole nitrogens is 1. The quantitative estimate of drug-likeness (QED) is 0.549. The molecule has 0 amide bonds. The van der Waals surface area contributed by atoms with Crippen LogP contribution in [0, 0.1) is 0 Å². The molecule has 2 aromatic heterocycles. The van der Waals surface area contributed by atoms with Crippen LogP contribution in [0.5, 0.6) is 0 Å². The first-order chi connectivity index (χ1) is 6.84. The van der Waals surface area contributed by atoms with Crippen molar-refractivity contribution in [2.24, 2.45) is 0 Å². The van der Waals surface area contributed by atoms with Gasteiger partial charge in [0.2, 0.25) is 0 Å². The van der Waals surface area contributed by atoms with Gasteiger partial charge in [-0.3, -0.25) is 0 Å². The van der Waals surface area contributed by atoms with E-state index in [4.69, 9.17) is 5.73 Å². The first kappa shape index (κ1) is 7.25. The predicted octanol–water partition coefficient (Wildman–Crippen LogP) is 1.09. The van der Waals surface area contributed by atoms with Crippen LogP contribution in [-0.2, 0) is 0 Å². The number of aromatic nitrogens is 4. The van der Waals surface area contributed by atoms with Gasteiger partial charge in [-0.2, -0.15) is 0 Å². The fourth-order valence-corrected chi connectivity index (χ4v) is 1.55. The highest BCUT2D eigenvalue weighted by atomic mass is 15.0. The number of nitrogens with one attached hydrogen (secondary N) is 1. The molecule has 14 heavy (non-hydrogen) atoms. The van der Waals surface area contributed by atoms with E-state index in [0.717, 1.165) is 21.9 Å². The van der Waals surface area contributed by atoms with Gasteiger partial charge in [-0.15, -0.1) is 0 Å². The van der Waals surface area contributed by atoms with Crippen LogP contribution in [0.2, 0.25) is 0 Å². The molecule has 0 aliphatic carbocycles. The number of nitrogens with zero attached hydrogens (tertiary/aromatic N) is 3. The number of rotatable bonds is 0. The molecular formula is C9H7N5. The average Bonchev–Trinajstić information content (AvgIpc) is 2.59. The zero-order valence-electron chi connectivity index (χ0n) is 7.23. The van der Waals surface area contributed by atoms with Crippen molar-refractivity contribution in [1.82, 2.24) is 19.9 Å². The molecule has 1 aromatic carbocycles. The molecule has 0 saturated heterocycles. The second-order valence-electron chi connectivity index (χ2n) is 3.04. The van der Waals surface area contributed by atoms with Gasteiger partial charge in [-0.05, 0) is 12.1 Å². The molecule has 0 unspecified atom stereocenters. The van der Waals surface area contributed by atoms with Gasteiger partial charge in [-0.1, -0.05) is 0 Å². The maximum Gasteiger partial charge on any atom is 0.198 e. The highest BCUT2D eigenvalue weighted by Crippen LogP contribution is 2.21. The van der Waals surface area contributed by atoms with Gasteiger partial charge < -0.3 is 10.7 Å². The van der Waals surface area contributed by atoms with Crippen molar-refractivity contribution in [2.75, 3.05) is 5.73 Å². The number of imidazole rings is 1. The Labute approximate surface area is 79.0 Å². The smallest absolute Gasteiger partial charge is 0.198 e. The lowest BCUT2D eigenvalue weighted by Crippen LogP contribution is -1.84. The summed E-state index contributed by atoms with van der Waals surface area (Å²) in [4.78, 5) is 15.2. The van der Waals surface area contributed by atoms with Gasteiger partial charge in [0.15, 0.2) is 5.95 Å². The topological polar surface area (TPSA) is 80.5 Å². The number of nitrogens with two attached hydrogens (primary N) is 1. The number of anilines is 1. The number of fused-ring (bicyclic) bond motifs is 3. The minimum absolute atomic E-state index is 0.413. The van der Waals surface area contributed by atoms with Crippen LogP contribution in [0.3, 0.4) is 0 Å². The fraction of sp³-hybridized carbons (Fsp3) is 0. The van der Waals surface area contributed by atoms with E-state index in [1.807, 2.05) is 12.1 Å². The van der Waals surface area contributed by atoms with Crippen LogP contribution in [-0.4, -0.2) is 19.9 Å². The molecule has 0 bridgehead atoms. The van der Waals surface area contributed by atoms with E-state index in [9.17, 15) is 0 Å². The Balaban J connectivity index is 2.60. The van der Waals surface area contributed by atoms with Crippen LogP contribution in [0.4, 0.5) is 5.95 Å². The van der Waals surface area contributed by atoms with Crippen molar-refractivity contribution in [1.29, 1.82) is 0 Å². The Morgan fingerprint density at radius 2 is 2.21 bits per heavy atom. The van der Waals surface area contributed by atoms with Crippen LogP contribution >= 0.6 is 0 Å². The Morgan fingerprint density at radius 3 is 3.14 bits per heavy atom. The number of benzene rings is 1. The van der Waals surface area contributed by atoms with Crippen molar-refractivity contribution in [3.05, 3.63) is 24.7 Å². The lowest BCUT2D eigenvalue weighted by molar-refractivity contribution is 1.22. The van der Waals surface area contributed by atoms with E-state index in [2.05, 4.69) is 19.9 Å². The van der Waals surface area contributed by atoms with Crippen molar-refractivity contribution >= 4 is 27.9 Å². The molecule has 3 rings (SSSR count). The SMILES string of the molecule is Nc1nc2c(ccc3ncncc32)[nH]1. The van der Waals surface area contributed by atoms with Crippen molar-refractivity contribution < 1.29 is 0 Å². The highest BCUT2D eigenvalue weighted by molar-refractivity contribution is 6.02. The summed E-state index contributed by atoms with van der Waals surface area (Å²) in [6, 6.07) is 3.82. The zero-order chi connectivity index (χ0) is 9.54. The third-order valence-electron chi connectivity index (χ3n) is 2.16. The molecule has 2 heterocycles. The standard InChI is InChI=1S/C9H7N5/c10-9-13-7-2-1-6-5(8(7)14-9)3-11-4-12-6/h1-4H,(H3,10,13,14). The number of aromatic amines is 1. The Kier molecular flexibility index (Phi) is 1.25. The van der Waals surface area contributed by atoms with Gasteiger partial charge in [0.1, 0.15) is 11.8 Å². The molecule has 5 heteroatoms. The van der Waals surface area contributed by atoms with Gasteiger partial charge in [0.05, 0.1) is 11.0 Å². The molecule has 5 nitrogen and oxygen atoms in total. The lowest BCUT2D eigenvalue weighted by Gasteiger charge is -1.94. The van der Waals surface area contributed by atoms with Crippen LogP contribution in [0.1, 0.15) is 0 Å². The minimum Gasteiger partial charge on any atom is -0.369 e. The highest BCUT2D eigenvalue weighted by Gasteiger charge is 2.04. The van der Waals surface area contributed by atoms with E-state index >= 15 is 0 Å². The number of hydrogen-bond donors (Lipinski definition) is 2. The van der Waals surface area contributed by atoms with Gasteiger partial charge in [-0.25, -0.2) is 15.0 Å². The second kappa shape index (κ2) is 2.41. The normalized spacial score (nSPS) is 11.1. The van der Waals surface area contributed by atoms with Crippen molar-refractivity contribution in [2.45, 2.75) is 0 Å². The van der Waals surface area contributed by atoms with Crippen LogP contribution < -0.4 is 5.73 Å². The fourth-order valence-electron chi connectivity index (χ4n) is 1.55. The third-order valence-corrected chi connectivity index (χ3v) is 2.16. The van der Waals surface area contributed by atoms with Crippen molar-refractivity contribution in [3.63, 3.8) is 0 Å². The van der Waals surface area contributed by atoms with E-state index in [0.29, 0.717) is 5.95 Å². The van der Waals surface area contributed by atoms with Crippen LogP contribution in [0.15, 0.2) is 24.7 Å². The molecule has 0 aliphatic rings. The number of nitrogen functional groups attached to an aromatic ring is 1. The molecule has 0 atom stereocenters. The van der Waals surface area contributed by atoms with E-state index in [1.54, 1.807) is 6.20 Å². The summed E-state index contributed by atoms with van der Waals surface area (Å²) in [6.45, 7) is 0. The zero-order valence-corrected chi connectivity index (χ0v) is 7.23. The minimum atomic E-state index is 0.413. The summed E-state index contributed by atoms with van der Waals surface area (Å²) in [5.74, 6) is 0.413. The molecule has 0 saturated carbocycles. The van der Waals surface area contributed by atoms with Crippen LogP contribution in [0.25, 0.3) is 21.9 Å². The summed E-state index contributed by atoms with van der Waals surface area (Å²) in [7, 11) is 0. The van der Waals surface area contributed by atoms with E-state index in [1.165, 1.54) is 6.33 Å². The summed E-state index contributed by atoms with van der Waals surface area (Å²) in [6.07, 6.45) is 3.26. The second-order valence-corrected chi connectivity index (χ2v) is 3.04. The Bertz CT molecular complexity index is 613. The lowest BCUT2D eigenvalue weighted by atomic mass is 10.2. The first-order valence-corrected chi connectivity index (χ1v) is 4.18. The summed E-state index contributed by atoms with van der Waals surface area (Å²) >= 11 is 0. The third kappa shape index (κ3) is 0.861. The Hall–Kier alpha value is -2.17. The maximum atomic E-state index is 5.57. The molecule has 3 N–H and O–H groups in total. The van der Waals surface area contributed by atoms with Crippen molar-refractivity contribution in [3.8, 4) is 0 Å². The molecular weight excluding hydrogens is 178 g/mol. The van der Waals surface area contributed by atoms with E-state index < -0.39 is 0 Å². The van der Waals surface area contributed by atoms with E-state index in [-0.39, 0.29) is 0 Å². The molecule has 0 fully saturated rings. The Morgan fingerprint density at radius 1 is 1.29 bits per heavy atom. The summed E-state index contributed by atoms with van der Waals surface area (Å²) in [5, 5.41) is 0.915. The molecule has 68 valence electrons. The first-order valence-electron chi connectivity index (χ1n) is 4.18. The molecule has 0 aliphatic heterocycles.